The van der Waals surface area contributed by atoms with E-state index in [1.807, 2.05) is 21.1 Å². The van der Waals surface area contributed by atoms with Crippen LogP contribution in [0.2, 0.25) is 0 Å². The Labute approximate surface area is 133 Å². The Morgan fingerprint density at radius 2 is 1.73 bits per heavy atom. The zero-order chi connectivity index (χ0) is 17.4. The molecule has 128 valence electrons. The van der Waals surface area contributed by atoms with Crippen LogP contribution < -0.4 is 0 Å². The molecule has 0 aliphatic rings. The van der Waals surface area contributed by atoms with E-state index in [0.717, 1.165) is 6.08 Å². The van der Waals surface area contributed by atoms with Crippen LogP contribution in [0.3, 0.4) is 0 Å². The largest absolute Gasteiger partial charge is 0.456 e. The van der Waals surface area contributed by atoms with Crippen LogP contribution in [0.25, 0.3) is 0 Å². The van der Waals surface area contributed by atoms with Crippen molar-refractivity contribution in [2.45, 2.75) is 19.4 Å². The van der Waals surface area contributed by atoms with Crippen LogP contribution >= 0.6 is 8.15 Å². The molecule has 0 aromatic rings. The highest BCUT2D eigenvalue weighted by atomic mass is 31.1. The summed E-state index contributed by atoms with van der Waals surface area (Å²) in [7, 11) is 3.19. The van der Waals surface area contributed by atoms with Crippen molar-refractivity contribution in [3.8, 4) is 0 Å². The van der Waals surface area contributed by atoms with E-state index in [0.29, 0.717) is 4.48 Å². The van der Waals surface area contributed by atoms with Gasteiger partial charge in [0.15, 0.2) is 14.8 Å². The Bertz CT molecular complexity index is 387. The van der Waals surface area contributed by atoms with E-state index in [1.165, 1.54) is 0 Å². The first-order valence-electron chi connectivity index (χ1n) is 7.01. The number of carbonyl (C=O) groups excluding carboxylic acids is 2. The van der Waals surface area contributed by atoms with Gasteiger partial charge >= 0.3 is 5.97 Å². The SMILES string of the molecule is C=CC(=O)OCC(OCC)(OCC)P(O)C(=O)C[N+](C)(C)C. The molecule has 22 heavy (non-hydrogen) atoms. The molecule has 0 rings (SSSR count). The van der Waals surface area contributed by atoms with E-state index in [2.05, 4.69) is 6.58 Å². The number of carbonyl (C=O) groups is 2. The fraction of sp³-hybridized carbons (Fsp3) is 0.714. The normalized spacial score (nSPS) is 13.5. The lowest BCUT2D eigenvalue weighted by Crippen LogP contribution is -2.45. The highest BCUT2D eigenvalue weighted by Crippen LogP contribution is 2.49. The van der Waals surface area contributed by atoms with Crippen molar-refractivity contribution in [2.75, 3.05) is 47.5 Å². The maximum atomic E-state index is 12.3. The van der Waals surface area contributed by atoms with Gasteiger partial charge < -0.3 is 23.6 Å². The number of quaternary nitrogens is 1. The molecular weight excluding hydrogens is 309 g/mol. The molecule has 0 aliphatic heterocycles. The smallest absolute Gasteiger partial charge is 0.330 e. The number of esters is 1. The van der Waals surface area contributed by atoms with Crippen LogP contribution in [0.5, 0.6) is 0 Å². The third-order valence-corrected chi connectivity index (χ3v) is 4.12. The van der Waals surface area contributed by atoms with Crippen LogP contribution in [0.4, 0.5) is 0 Å². The number of nitrogens with zero attached hydrogens (tertiary/aromatic N) is 1. The molecule has 0 fully saturated rings. The summed E-state index contributed by atoms with van der Waals surface area (Å²) in [6.07, 6.45) is 0.996. The molecule has 0 saturated heterocycles. The highest BCUT2D eigenvalue weighted by Gasteiger charge is 2.47. The zero-order valence-electron chi connectivity index (χ0n) is 14.0. The van der Waals surface area contributed by atoms with Gasteiger partial charge in [-0.05, 0) is 13.8 Å². The minimum atomic E-state index is -2.31. The lowest BCUT2D eigenvalue weighted by Gasteiger charge is -2.35. The van der Waals surface area contributed by atoms with Gasteiger partial charge in [-0.1, -0.05) is 6.58 Å². The second-order valence-electron chi connectivity index (χ2n) is 5.54. The van der Waals surface area contributed by atoms with E-state index >= 15 is 0 Å². The molecule has 0 aromatic carbocycles. The van der Waals surface area contributed by atoms with Crippen molar-refractivity contribution >= 4 is 19.6 Å². The maximum Gasteiger partial charge on any atom is 0.330 e. The molecule has 0 radical (unpaired) electrons. The molecule has 0 saturated carbocycles. The first-order valence-corrected chi connectivity index (χ1v) is 8.30. The third kappa shape index (κ3) is 6.94. The third-order valence-electron chi connectivity index (χ3n) is 2.47. The quantitative estimate of drug-likeness (QED) is 0.200. The van der Waals surface area contributed by atoms with E-state index < -0.39 is 19.6 Å². The predicted molar refractivity (Wildman–Crippen MR) is 84.2 cm³/mol. The number of hydrogen-bond donors (Lipinski definition) is 1. The molecule has 1 atom stereocenters. The van der Waals surface area contributed by atoms with Crippen molar-refractivity contribution in [3.63, 3.8) is 0 Å². The first kappa shape index (κ1) is 21.1. The van der Waals surface area contributed by atoms with Crippen LogP contribution in [-0.2, 0) is 23.8 Å². The summed E-state index contributed by atoms with van der Waals surface area (Å²) in [6, 6.07) is 0. The van der Waals surface area contributed by atoms with Gasteiger partial charge in [0, 0.05) is 19.3 Å². The summed E-state index contributed by atoms with van der Waals surface area (Å²) >= 11 is 0. The fourth-order valence-electron chi connectivity index (χ4n) is 1.64. The van der Waals surface area contributed by atoms with Gasteiger partial charge in [-0.2, -0.15) is 0 Å². The number of rotatable bonds is 11. The minimum absolute atomic E-state index is 0.111. The number of hydrogen-bond acceptors (Lipinski definition) is 6. The number of likely N-dealkylation sites (N-methyl/N-ethyl adjacent to an activating group) is 1. The molecule has 0 heterocycles. The van der Waals surface area contributed by atoms with Crippen LogP contribution in [-0.4, -0.2) is 73.9 Å². The molecule has 0 amide bonds. The monoisotopic (exact) mass is 336 g/mol. The molecule has 0 aromatic heterocycles. The van der Waals surface area contributed by atoms with E-state index in [9.17, 15) is 14.5 Å². The second-order valence-corrected chi connectivity index (χ2v) is 7.35. The average Bonchev–Trinajstić information content (AvgIpc) is 2.42. The second kappa shape index (κ2) is 9.33. The van der Waals surface area contributed by atoms with Crippen molar-refractivity contribution in [1.29, 1.82) is 0 Å². The summed E-state index contributed by atoms with van der Waals surface area (Å²) in [5.41, 5.74) is -2.04. The number of ether oxygens (including phenoxy) is 3. The van der Waals surface area contributed by atoms with Crippen molar-refractivity contribution in [1.82, 2.24) is 0 Å². The Hall–Kier alpha value is -0.850. The predicted octanol–water partition coefficient (Wildman–Crippen LogP) is 1.06. The standard InChI is InChI=1S/C14H27NO6P/c1-7-12(16)19-11-14(20-8-2,21-9-3)22(18)13(17)10-15(4,5)6/h7,18H,1,8-11H2,2-6H3/q+1. The molecule has 1 unspecified atom stereocenters. The van der Waals surface area contributed by atoms with Crippen LogP contribution in [0.1, 0.15) is 13.8 Å². The fourth-order valence-corrected chi connectivity index (χ4v) is 3.27. The lowest BCUT2D eigenvalue weighted by molar-refractivity contribution is -0.861. The summed E-state index contributed by atoms with van der Waals surface area (Å²) in [6.45, 7) is 6.84. The summed E-state index contributed by atoms with van der Waals surface area (Å²) < 4.78 is 16.3. The van der Waals surface area contributed by atoms with Crippen LogP contribution in [0, 0.1) is 0 Å². The van der Waals surface area contributed by atoms with Crippen molar-refractivity contribution in [2.24, 2.45) is 0 Å². The van der Waals surface area contributed by atoms with Gasteiger partial charge in [-0.3, -0.25) is 4.79 Å². The first-order chi connectivity index (χ1) is 10.1. The lowest BCUT2D eigenvalue weighted by atomic mass is 10.5. The summed E-state index contributed by atoms with van der Waals surface area (Å²) in [4.78, 5) is 34.1. The summed E-state index contributed by atoms with van der Waals surface area (Å²) in [5.74, 6) is -0.675. The molecule has 1 N–H and O–H groups in total. The van der Waals surface area contributed by atoms with Crippen molar-refractivity contribution in [3.05, 3.63) is 12.7 Å². The van der Waals surface area contributed by atoms with Gasteiger partial charge in [0.25, 0.3) is 5.53 Å². The molecule has 0 aliphatic carbocycles. The van der Waals surface area contributed by atoms with Gasteiger partial charge in [0.1, 0.15) is 6.54 Å². The van der Waals surface area contributed by atoms with E-state index in [-0.39, 0.29) is 31.9 Å². The molecular formula is C14H27NO6P+. The van der Waals surface area contributed by atoms with Gasteiger partial charge in [-0.25, -0.2) is 4.79 Å². The zero-order valence-corrected chi connectivity index (χ0v) is 14.9. The summed E-state index contributed by atoms with van der Waals surface area (Å²) in [5, 5.41) is 0. The Morgan fingerprint density at radius 1 is 1.23 bits per heavy atom. The average molecular weight is 336 g/mol. The Morgan fingerprint density at radius 3 is 2.09 bits per heavy atom. The maximum absolute atomic E-state index is 12.3. The molecule has 0 spiro atoms. The van der Waals surface area contributed by atoms with E-state index in [1.54, 1.807) is 13.8 Å². The Balaban J connectivity index is 5.28. The minimum Gasteiger partial charge on any atom is -0.456 e. The highest BCUT2D eigenvalue weighted by molar-refractivity contribution is 7.70. The van der Waals surface area contributed by atoms with Crippen LogP contribution in [0.15, 0.2) is 12.7 Å². The molecule has 7 nitrogen and oxygen atoms in total. The van der Waals surface area contributed by atoms with Gasteiger partial charge in [0.05, 0.1) is 21.1 Å². The van der Waals surface area contributed by atoms with Crippen molar-refractivity contribution < 1.29 is 33.2 Å². The Kier molecular flexibility index (Phi) is 8.96. The molecule has 8 heteroatoms. The molecule has 0 bridgehead atoms. The van der Waals surface area contributed by atoms with Gasteiger partial charge in [-0.15, -0.1) is 0 Å². The van der Waals surface area contributed by atoms with E-state index in [4.69, 9.17) is 14.2 Å². The topological polar surface area (TPSA) is 82.1 Å². The van der Waals surface area contributed by atoms with Gasteiger partial charge in [0.2, 0.25) is 5.52 Å².